The van der Waals surface area contributed by atoms with Crippen LogP contribution in [0.1, 0.15) is 6.42 Å². The van der Waals surface area contributed by atoms with E-state index in [1.165, 1.54) is 0 Å². The molecular formula is C17H15ClF2N2O3. The fourth-order valence-electron chi connectivity index (χ4n) is 2.28. The van der Waals surface area contributed by atoms with E-state index in [1.54, 1.807) is 12.1 Å². The molecule has 0 saturated carbocycles. The first-order valence-corrected chi connectivity index (χ1v) is 7.98. The molecule has 0 radical (unpaired) electrons. The van der Waals surface area contributed by atoms with Crippen LogP contribution >= 0.6 is 11.6 Å². The lowest BCUT2D eigenvalue weighted by Crippen LogP contribution is -2.22. The molecule has 0 aromatic heterocycles. The molecule has 0 bridgehead atoms. The van der Waals surface area contributed by atoms with Crippen LogP contribution in [0.3, 0.4) is 0 Å². The molecule has 3 rings (SSSR count). The van der Waals surface area contributed by atoms with Crippen molar-refractivity contribution in [3.63, 3.8) is 0 Å². The highest BCUT2D eigenvalue weighted by atomic mass is 35.5. The predicted octanol–water partition coefficient (Wildman–Crippen LogP) is 3.83. The summed E-state index contributed by atoms with van der Waals surface area (Å²) in [7, 11) is 0. The third-order valence-electron chi connectivity index (χ3n) is 3.48. The van der Waals surface area contributed by atoms with E-state index < -0.39 is 17.5 Å². The van der Waals surface area contributed by atoms with Gasteiger partial charge in [-0.1, -0.05) is 11.6 Å². The number of fused-ring (bicyclic) bond motifs is 1. The van der Waals surface area contributed by atoms with Gasteiger partial charge < -0.3 is 20.1 Å². The number of amides is 1. The van der Waals surface area contributed by atoms with Crippen molar-refractivity contribution in [3.8, 4) is 11.5 Å². The number of carbonyl (C=O) groups excluding carboxylic acids is 1. The van der Waals surface area contributed by atoms with Crippen LogP contribution in [0.5, 0.6) is 11.5 Å². The second-order valence-corrected chi connectivity index (χ2v) is 5.76. The van der Waals surface area contributed by atoms with Gasteiger partial charge in [0, 0.05) is 24.6 Å². The first kappa shape index (κ1) is 17.3. The Hall–Kier alpha value is -2.54. The van der Waals surface area contributed by atoms with Crippen LogP contribution < -0.4 is 20.1 Å². The SMILES string of the molecule is O=C(CNc1cc2c(cc1Cl)OCCCO2)Nc1ccc(F)cc1F. The first-order valence-electron chi connectivity index (χ1n) is 7.61. The van der Waals surface area contributed by atoms with Gasteiger partial charge in [-0.3, -0.25) is 4.79 Å². The van der Waals surface area contributed by atoms with Crippen LogP contribution in [-0.2, 0) is 4.79 Å². The number of halogens is 3. The van der Waals surface area contributed by atoms with Gasteiger partial charge in [0.2, 0.25) is 5.91 Å². The van der Waals surface area contributed by atoms with Gasteiger partial charge in [-0.2, -0.15) is 0 Å². The van der Waals surface area contributed by atoms with Gasteiger partial charge in [0.15, 0.2) is 11.5 Å². The van der Waals surface area contributed by atoms with E-state index in [0.717, 1.165) is 18.6 Å². The molecule has 1 amide bonds. The van der Waals surface area contributed by atoms with E-state index in [1.807, 2.05) is 0 Å². The third-order valence-corrected chi connectivity index (χ3v) is 3.79. The van der Waals surface area contributed by atoms with E-state index >= 15 is 0 Å². The number of nitrogens with one attached hydrogen (secondary N) is 2. The van der Waals surface area contributed by atoms with Gasteiger partial charge in [-0.15, -0.1) is 0 Å². The standard InChI is InChI=1S/C17H15ClF2N2O3/c18-11-7-15-16(25-5-1-4-24-15)8-14(11)21-9-17(23)22-13-3-2-10(19)6-12(13)20/h2-3,6-8,21H,1,4-5,9H2,(H,22,23). The average Bonchev–Trinajstić information content (AvgIpc) is 2.80. The number of hydrogen-bond acceptors (Lipinski definition) is 4. The molecule has 2 N–H and O–H groups in total. The quantitative estimate of drug-likeness (QED) is 0.861. The normalized spacial score (nSPS) is 13.1. The minimum absolute atomic E-state index is 0.0991. The summed E-state index contributed by atoms with van der Waals surface area (Å²) in [6.07, 6.45) is 0.765. The van der Waals surface area contributed by atoms with Crippen LogP contribution in [0.2, 0.25) is 5.02 Å². The van der Waals surface area contributed by atoms with Crippen LogP contribution in [0.15, 0.2) is 30.3 Å². The molecule has 2 aromatic carbocycles. The summed E-state index contributed by atoms with van der Waals surface area (Å²) in [5.41, 5.74) is 0.388. The molecule has 0 spiro atoms. The minimum Gasteiger partial charge on any atom is -0.490 e. The van der Waals surface area contributed by atoms with E-state index in [0.29, 0.717) is 41.5 Å². The molecule has 0 aliphatic carbocycles. The molecule has 25 heavy (non-hydrogen) atoms. The van der Waals surface area contributed by atoms with Crippen molar-refractivity contribution < 1.29 is 23.0 Å². The van der Waals surface area contributed by atoms with Crippen LogP contribution in [0.4, 0.5) is 20.2 Å². The maximum absolute atomic E-state index is 13.5. The molecule has 0 unspecified atom stereocenters. The van der Waals surface area contributed by atoms with Crippen LogP contribution in [-0.4, -0.2) is 25.7 Å². The summed E-state index contributed by atoms with van der Waals surface area (Å²) in [6, 6.07) is 6.18. The number of carbonyl (C=O) groups is 1. The zero-order chi connectivity index (χ0) is 17.8. The summed E-state index contributed by atoms with van der Waals surface area (Å²) in [6.45, 7) is 0.913. The largest absolute Gasteiger partial charge is 0.490 e. The van der Waals surface area contributed by atoms with Crippen LogP contribution in [0.25, 0.3) is 0 Å². The third kappa shape index (κ3) is 4.30. The van der Waals surface area contributed by atoms with Crippen molar-refractivity contribution in [2.45, 2.75) is 6.42 Å². The first-order chi connectivity index (χ1) is 12.0. The van der Waals surface area contributed by atoms with E-state index in [9.17, 15) is 13.6 Å². The Kier molecular flexibility index (Phi) is 5.23. The van der Waals surface area contributed by atoms with Crippen molar-refractivity contribution in [1.82, 2.24) is 0 Å². The summed E-state index contributed by atoms with van der Waals surface area (Å²) >= 11 is 6.17. The smallest absolute Gasteiger partial charge is 0.243 e. The highest BCUT2D eigenvalue weighted by molar-refractivity contribution is 6.33. The van der Waals surface area contributed by atoms with Gasteiger partial charge >= 0.3 is 0 Å². The summed E-state index contributed by atoms with van der Waals surface area (Å²) in [5, 5.41) is 5.58. The van der Waals surface area contributed by atoms with E-state index in [-0.39, 0.29) is 12.2 Å². The lowest BCUT2D eigenvalue weighted by atomic mass is 10.2. The molecular weight excluding hydrogens is 354 g/mol. The zero-order valence-electron chi connectivity index (χ0n) is 13.1. The topological polar surface area (TPSA) is 59.6 Å². The Morgan fingerprint density at radius 3 is 2.52 bits per heavy atom. The second kappa shape index (κ2) is 7.57. The van der Waals surface area contributed by atoms with E-state index in [4.69, 9.17) is 21.1 Å². The lowest BCUT2D eigenvalue weighted by Gasteiger charge is -2.13. The Morgan fingerprint density at radius 2 is 1.80 bits per heavy atom. The van der Waals surface area contributed by atoms with Crippen molar-refractivity contribution >= 4 is 28.9 Å². The summed E-state index contributed by atoms with van der Waals surface area (Å²) in [4.78, 5) is 11.9. The van der Waals surface area contributed by atoms with Gasteiger partial charge in [0.25, 0.3) is 0 Å². The number of ether oxygens (including phenoxy) is 2. The molecule has 0 saturated heterocycles. The Balaban J connectivity index is 1.64. The molecule has 132 valence electrons. The van der Waals surface area contributed by atoms with Crippen molar-refractivity contribution in [1.29, 1.82) is 0 Å². The lowest BCUT2D eigenvalue weighted by molar-refractivity contribution is -0.114. The maximum Gasteiger partial charge on any atom is 0.243 e. The number of anilines is 2. The maximum atomic E-state index is 13.5. The van der Waals surface area contributed by atoms with Gasteiger partial charge in [0.05, 0.1) is 36.2 Å². The van der Waals surface area contributed by atoms with Gasteiger partial charge in [0.1, 0.15) is 11.6 Å². The van der Waals surface area contributed by atoms with Crippen molar-refractivity contribution in [2.75, 3.05) is 30.4 Å². The van der Waals surface area contributed by atoms with Gasteiger partial charge in [-0.05, 0) is 12.1 Å². The minimum atomic E-state index is -0.845. The van der Waals surface area contributed by atoms with Crippen molar-refractivity contribution in [2.24, 2.45) is 0 Å². The Morgan fingerprint density at radius 1 is 1.08 bits per heavy atom. The van der Waals surface area contributed by atoms with E-state index in [2.05, 4.69) is 10.6 Å². The molecule has 8 heteroatoms. The van der Waals surface area contributed by atoms with Gasteiger partial charge in [-0.25, -0.2) is 8.78 Å². The second-order valence-electron chi connectivity index (χ2n) is 5.36. The highest BCUT2D eigenvalue weighted by Crippen LogP contribution is 2.37. The fraction of sp³-hybridized carbons (Fsp3) is 0.235. The molecule has 1 heterocycles. The summed E-state index contributed by atoms with van der Waals surface area (Å²) in [5.74, 6) is -0.983. The molecule has 2 aromatic rings. The number of benzene rings is 2. The zero-order valence-corrected chi connectivity index (χ0v) is 13.8. The predicted molar refractivity (Wildman–Crippen MR) is 90.5 cm³/mol. The number of hydrogen-bond donors (Lipinski definition) is 2. The summed E-state index contributed by atoms with van der Waals surface area (Å²) < 4.78 is 37.5. The molecule has 0 fully saturated rings. The molecule has 1 aliphatic rings. The Labute approximate surface area is 147 Å². The molecule has 1 aliphatic heterocycles. The number of rotatable bonds is 4. The molecule has 0 atom stereocenters. The fourth-order valence-corrected chi connectivity index (χ4v) is 2.50. The monoisotopic (exact) mass is 368 g/mol. The van der Waals surface area contributed by atoms with Crippen molar-refractivity contribution in [3.05, 3.63) is 47.0 Å². The molecule has 5 nitrogen and oxygen atoms in total. The highest BCUT2D eigenvalue weighted by Gasteiger charge is 2.15. The Bertz CT molecular complexity index is 802. The van der Waals surface area contributed by atoms with Crippen LogP contribution in [0, 0.1) is 11.6 Å². The average molecular weight is 369 g/mol.